The topological polar surface area (TPSA) is 66.0 Å². The van der Waals surface area contributed by atoms with Gasteiger partial charge in [-0.3, -0.25) is 4.79 Å². The fourth-order valence-corrected chi connectivity index (χ4v) is 5.91. The van der Waals surface area contributed by atoms with Gasteiger partial charge in [0.2, 0.25) is 5.91 Å². The van der Waals surface area contributed by atoms with Gasteiger partial charge in [-0.2, -0.15) is 0 Å². The lowest BCUT2D eigenvalue weighted by Gasteiger charge is -2.17. The van der Waals surface area contributed by atoms with Gasteiger partial charge in [-0.25, -0.2) is 9.37 Å². The Bertz CT molecular complexity index is 1610. The largest absolute Gasteiger partial charge is 0.332 e. The number of nitrogens with one attached hydrogen (secondary N) is 3. The number of nitrogens with zero attached hydrogens (tertiary/aromatic N) is 1. The Labute approximate surface area is 245 Å². The molecule has 9 heteroatoms. The molecule has 5 rings (SSSR count). The second-order valence-electron chi connectivity index (χ2n) is 8.92. The summed E-state index contributed by atoms with van der Waals surface area (Å²) in [6.07, 6.45) is 0. The molecular formula is C31H25FN4OS3. The summed E-state index contributed by atoms with van der Waals surface area (Å²) in [5, 5.41) is 11.7. The van der Waals surface area contributed by atoms with Crippen LogP contribution in [0, 0.1) is 12.7 Å². The maximum atomic E-state index is 13.5. The molecule has 0 radical (unpaired) electrons. The van der Waals surface area contributed by atoms with Crippen molar-refractivity contribution in [3.8, 4) is 11.3 Å². The van der Waals surface area contributed by atoms with E-state index in [2.05, 4.69) is 20.9 Å². The third-order valence-electron chi connectivity index (χ3n) is 5.87. The highest BCUT2D eigenvalue weighted by molar-refractivity contribution is 8.00. The van der Waals surface area contributed by atoms with Crippen LogP contribution in [0.5, 0.6) is 0 Å². The van der Waals surface area contributed by atoms with Gasteiger partial charge < -0.3 is 16.0 Å². The lowest BCUT2D eigenvalue weighted by molar-refractivity contribution is -0.115. The molecule has 1 atom stereocenters. The van der Waals surface area contributed by atoms with Crippen molar-refractivity contribution in [2.24, 2.45) is 0 Å². The van der Waals surface area contributed by atoms with Gasteiger partial charge in [0.1, 0.15) is 11.1 Å². The molecule has 0 fully saturated rings. The van der Waals surface area contributed by atoms with Gasteiger partial charge in [0, 0.05) is 27.2 Å². The van der Waals surface area contributed by atoms with E-state index in [1.54, 1.807) is 12.1 Å². The molecule has 0 bridgehead atoms. The molecule has 0 spiro atoms. The molecular weight excluding hydrogens is 560 g/mol. The molecule has 200 valence electrons. The Kier molecular flexibility index (Phi) is 8.85. The lowest BCUT2D eigenvalue weighted by Crippen LogP contribution is -2.19. The van der Waals surface area contributed by atoms with Crippen molar-refractivity contribution in [3.63, 3.8) is 0 Å². The van der Waals surface area contributed by atoms with Crippen molar-refractivity contribution in [1.82, 2.24) is 4.98 Å². The van der Waals surface area contributed by atoms with Crippen LogP contribution in [0.15, 0.2) is 113 Å². The molecule has 0 saturated carbocycles. The second kappa shape index (κ2) is 12.9. The molecule has 0 saturated heterocycles. The third kappa shape index (κ3) is 7.32. The number of amides is 1. The molecule has 1 amide bonds. The maximum Gasteiger partial charge on any atom is 0.244 e. The first kappa shape index (κ1) is 27.5. The second-order valence-corrected chi connectivity index (χ2v) is 11.4. The average Bonchev–Trinajstić information content (AvgIpc) is 3.42. The minimum atomic E-state index is -0.521. The van der Waals surface area contributed by atoms with Gasteiger partial charge >= 0.3 is 0 Å². The van der Waals surface area contributed by atoms with E-state index in [0.717, 1.165) is 27.4 Å². The van der Waals surface area contributed by atoms with Crippen molar-refractivity contribution in [1.29, 1.82) is 0 Å². The van der Waals surface area contributed by atoms with Gasteiger partial charge in [-0.15, -0.1) is 23.1 Å². The Morgan fingerprint density at radius 1 is 0.875 bits per heavy atom. The first-order chi connectivity index (χ1) is 19.4. The summed E-state index contributed by atoms with van der Waals surface area (Å²) in [7, 11) is 0. The van der Waals surface area contributed by atoms with E-state index in [9.17, 15) is 9.18 Å². The van der Waals surface area contributed by atoms with Crippen LogP contribution in [0.1, 0.15) is 16.4 Å². The molecule has 3 N–H and O–H groups in total. The molecule has 1 unspecified atom stereocenters. The predicted octanol–water partition coefficient (Wildman–Crippen LogP) is 8.54. The van der Waals surface area contributed by atoms with Crippen LogP contribution in [-0.4, -0.2) is 16.0 Å². The van der Waals surface area contributed by atoms with Gasteiger partial charge in [0.15, 0.2) is 10.2 Å². The Morgan fingerprint density at radius 2 is 1.60 bits per heavy atom. The van der Waals surface area contributed by atoms with Crippen molar-refractivity contribution >= 4 is 62.8 Å². The van der Waals surface area contributed by atoms with Crippen LogP contribution in [0.2, 0.25) is 0 Å². The van der Waals surface area contributed by atoms with E-state index >= 15 is 0 Å². The molecule has 5 nitrogen and oxygen atoms in total. The Balaban J connectivity index is 1.29. The van der Waals surface area contributed by atoms with Gasteiger partial charge in [-0.05, 0) is 79.3 Å². The van der Waals surface area contributed by atoms with Crippen molar-refractivity contribution in [2.75, 3.05) is 16.0 Å². The number of rotatable bonds is 8. The monoisotopic (exact) mass is 584 g/mol. The molecule has 0 aliphatic carbocycles. The SMILES string of the molecule is Cc1ccc(NC(=S)Nc2cccc(SC(C(=O)Nc3nc(-c4ccc(F)cc4)cs3)c3ccccc3)c2)cc1. The quantitative estimate of drug-likeness (QED) is 0.125. The van der Waals surface area contributed by atoms with Crippen molar-refractivity contribution in [2.45, 2.75) is 17.1 Å². The zero-order chi connectivity index (χ0) is 27.9. The standard InChI is InChI=1S/C31H25FN4OS3/c1-20-10-16-24(17-11-20)33-30(38)34-25-8-5-9-26(18-25)40-28(22-6-3-2-4-7-22)29(37)36-31-35-27(19-39-31)21-12-14-23(32)15-13-21/h2-19,28H,1H3,(H2,33,34,38)(H,35,36,37). The summed E-state index contributed by atoms with van der Waals surface area (Å²) >= 11 is 8.27. The van der Waals surface area contributed by atoms with Gasteiger partial charge in [-0.1, -0.05) is 54.1 Å². The molecule has 40 heavy (non-hydrogen) atoms. The van der Waals surface area contributed by atoms with Crippen LogP contribution in [0.25, 0.3) is 11.3 Å². The molecule has 1 aromatic heterocycles. The Hall–Kier alpha value is -4.05. The number of thioether (sulfide) groups is 1. The number of benzene rings is 4. The molecule has 0 aliphatic rings. The van der Waals surface area contributed by atoms with E-state index in [1.807, 2.05) is 91.2 Å². The van der Waals surface area contributed by atoms with Crippen molar-refractivity contribution in [3.05, 3.63) is 125 Å². The van der Waals surface area contributed by atoms with Crippen LogP contribution in [0.3, 0.4) is 0 Å². The average molecular weight is 585 g/mol. The van der Waals surface area contributed by atoms with Gasteiger partial charge in [0.25, 0.3) is 0 Å². The highest BCUT2D eigenvalue weighted by Crippen LogP contribution is 2.37. The van der Waals surface area contributed by atoms with E-state index in [1.165, 1.54) is 40.8 Å². The number of carbonyl (C=O) groups is 1. The number of aryl methyl sites for hydroxylation is 1. The highest BCUT2D eigenvalue weighted by Gasteiger charge is 2.23. The summed E-state index contributed by atoms with van der Waals surface area (Å²) in [4.78, 5) is 19.0. The zero-order valence-electron chi connectivity index (χ0n) is 21.4. The van der Waals surface area contributed by atoms with E-state index in [-0.39, 0.29) is 11.7 Å². The molecule has 1 heterocycles. The number of anilines is 3. The summed E-state index contributed by atoms with van der Waals surface area (Å²) < 4.78 is 13.3. The minimum Gasteiger partial charge on any atom is -0.332 e. The van der Waals surface area contributed by atoms with Crippen LogP contribution < -0.4 is 16.0 Å². The predicted molar refractivity (Wildman–Crippen MR) is 169 cm³/mol. The number of thiazole rings is 1. The van der Waals surface area contributed by atoms with Gasteiger partial charge in [0.05, 0.1) is 5.69 Å². The van der Waals surface area contributed by atoms with E-state index in [4.69, 9.17) is 12.2 Å². The molecule has 0 aliphatic heterocycles. The molecule has 5 aromatic rings. The highest BCUT2D eigenvalue weighted by atomic mass is 32.2. The van der Waals surface area contributed by atoms with Crippen LogP contribution in [0.4, 0.5) is 20.9 Å². The number of thiocarbonyl (C=S) groups is 1. The zero-order valence-corrected chi connectivity index (χ0v) is 23.9. The first-order valence-corrected chi connectivity index (χ1v) is 14.6. The lowest BCUT2D eigenvalue weighted by atomic mass is 10.1. The maximum absolute atomic E-state index is 13.5. The fourth-order valence-electron chi connectivity index (χ4n) is 3.87. The third-order valence-corrected chi connectivity index (χ3v) is 8.08. The Morgan fingerprint density at radius 3 is 2.35 bits per heavy atom. The number of carbonyl (C=O) groups excluding carboxylic acids is 1. The summed E-state index contributed by atoms with van der Waals surface area (Å²) in [6, 6.07) is 31.5. The van der Waals surface area contributed by atoms with Crippen molar-refractivity contribution < 1.29 is 9.18 Å². The first-order valence-electron chi connectivity index (χ1n) is 12.4. The summed E-state index contributed by atoms with van der Waals surface area (Å²) in [5.74, 6) is -0.495. The van der Waals surface area contributed by atoms with Crippen LogP contribution >= 0.6 is 35.3 Å². The summed E-state index contributed by atoms with van der Waals surface area (Å²) in [5.41, 5.74) is 5.22. The number of aromatic nitrogens is 1. The van der Waals surface area contributed by atoms with E-state index in [0.29, 0.717) is 15.9 Å². The van der Waals surface area contributed by atoms with E-state index < -0.39 is 5.25 Å². The fraction of sp³-hybridized carbons (Fsp3) is 0.0645. The number of hydrogen-bond acceptors (Lipinski definition) is 5. The normalized spacial score (nSPS) is 11.4. The smallest absolute Gasteiger partial charge is 0.244 e. The number of hydrogen-bond donors (Lipinski definition) is 3. The van der Waals surface area contributed by atoms with Crippen LogP contribution in [-0.2, 0) is 4.79 Å². The summed E-state index contributed by atoms with van der Waals surface area (Å²) in [6.45, 7) is 2.04. The number of halogens is 1. The minimum absolute atomic E-state index is 0.189. The molecule has 4 aromatic carbocycles.